The van der Waals surface area contributed by atoms with Gasteiger partial charge in [0.15, 0.2) is 5.82 Å². The Hall–Kier alpha value is -3.89. The van der Waals surface area contributed by atoms with Crippen LogP contribution >= 0.6 is 11.6 Å². The molecular formula is C27H30ClN7O3. The summed E-state index contributed by atoms with van der Waals surface area (Å²) in [5.74, 6) is 0.00341. The molecule has 0 atom stereocenters. The molecule has 38 heavy (non-hydrogen) atoms. The number of carbonyl (C=O) groups is 2. The maximum absolute atomic E-state index is 12.8. The fourth-order valence-electron chi connectivity index (χ4n) is 4.20. The first kappa shape index (κ1) is 25.7. The van der Waals surface area contributed by atoms with E-state index in [-0.39, 0.29) is 22.6 Å². The molecule has 198 valence electrons. The second kappa shape index (κ2) is 11.2. The molecule has 2 fully saturated rings. The Morgan fingerprint density at radius 3 is 2.53 bits per heavy atom. The van der Waals surface area contributed by atoms with Crippen molar-refractivity contribution in [3.8, 4) is 5.75 Å². The zero-order valence-corrected chi connectivity index (χ0v) is 22.1. The molecule has 1 amide bonds. The van der Waals surface area contributed by atoms with Crippen molar-refractivity contribution in [3.05, 3.63) is 59.2 Å². The fourth-order valence-corrected chi connectivity index (χ4v) is 4.34. The first-order valence-electron chi connectivity index (χ1n) is 12.5. The number of ketones is 1. The summed E-state index contributed by atoms with van der Waals surface area (Å²) in [7, 11) is 3.75. The van der Waals surface area contributed by atoms with Gasteiger partial charge in [-0.3, -0.25) is 9.59 Å². The summed E-state index contributed by atoms with van der Waals surface area (Å²) in [6, 6.07) is 12.8. The minimum atomic E-state index is -0.620. The summed E-state index contributed by atoms with van der Waals surface area (Å²) in [6.07, 6.45) is 3.26. The number of anilines is 5. The first-order chi connectivity index (χ1) is 18.4. The number of likely N-dealkylation sites (N-methyl/N-ethyl adjacent to an activating group) is 1. The van der Waals surface area contributed by atoms with Gasteiger partial charge in [0.25, 0.3) is 11.7 Å². The Morgan fingerprint density at radius 1 is 1.03 bits per heavy atom. The summed E-state index contributed by atoms with van der Waals surface area (Å²) in [4.78, 5) is 38.6. The Balaban J connectivity index is 1.34. The minimum absolute atomic E-state index is 0.0872. The lowest BCUT2D eigenvalue weighted by molar-refractivity contribution is -0.117. The smallest absolute Gasteiger partial charge is 0.292 e. The number of Topliss-reactive ketones (excluding diaryl/α,β-unsaturated/α-hetero) is 1. The number of carbonyl (C=O) groups excluding carboxylic acids is 2. The van der Waals surface area contributed by atoms with Gasteiger partial charge < -0.3 is 30.5 Å². The van der Waals surface area contributed by atoms with Crippen molar-refractivity contribution >= 4 is 52.1 Å². The van der Waals surface area contributed by atoms with Crippen LogP contribution in [0, 0.1) is 0 Å². The van der Waals surface area contributed by atoms with E-state index in [4.69, 9.17) is 16.3 Å². The van der Waals surface area contributed by atoms with Crippen LogP contribution in [0.2, 0.25) is 5.02 Å². The third-order valence-electron chi connectivity index (χ3n) is 6.59. The Bertz CT molecular complexity index is 1340. The number of amides is 1. The van der Waals surface area contributed by atoms with Crippen LogP contribution in [0.1, 0.15) is 23.2 Å². The monoisotopic (exact) mass is 535 g/mol. The normalized spacial score (nSPS) is 15.6. The van der Waals surface area contributed by atoms with Crippen molar-refractivity contribution in [1.29, 1.82) is 0 Å². The van der Waals surface area contributed by atoms with E-state index in [1.54, 1.807) is 31.4 Å². The van der Waals surface area contributed by atoms with Gasteiger partial charge in [0.2, 0.25) is 5.95 Å². The molecule has 0 unspecified atom stereocenters. The van der Waals surface area contributed by atoms with Gasteiger partial charge in [0, 0.05) is 44.0 Å². The van der Waals surface area contributed by atoms with E-state index < -0.39 is 11.7 Å². The highest BCUT2D eigenvalue weighted by Crippen LogP contribution is 2.33. The molecular weight excluding hydrogens is 506 g/mol. The topological polar surface area (TPSA) is 112 Å². The van der Waals surface area contributed by atoms with Crippen molar-refractivity contribution in [2.45, 2.75) is 18.9 Å². The molecule has 1 aliphatic carbocycles. The average Bonchev–Trinajstić information content (AvgIpc) is 3.75. The summed E-state index contributed by atoms with van der Waals surface area (Å²) < 4.78 is 5.64. The molecule has 3 aromatic rings. The highest BCUT2D eigenvalue weighted by molar-refractivity contribution is 6.44. The first-order valence-corrected chi connectivity index (χ1v) is 12.9. The van der Waals surface area contributed by atoms with Crippen LogP contribution in [-0.2, 0) is 4.79 Å². The number of hydrogen-bond acceptors (Lipinski definition) is 9. The number of rotatable bonds is 9. The van der Waals surface area contributed by atoms with Crippen molar-refractivity contribution in [3.63, 3.8) is 0 Å². The van der Waals surface area contributed by atoms with Crippen LogP contribution in [0.15, 0.2) is 48.7 Å². The standard InChI is InChI=1S/C27H30ClN7O3/c1-34-11-13-35(14-12-34)18-9-10-22(23(15-18)38-2)32-27-29-16-20(28)25(33-27)31-21-6-4-3-5-19(21)24(36)26(37)30-17-7-8-17/h3-6,9-10,15-17H,7-8,11-14H2,1-2H3,(H,30,37)(H2,29,31,32,33). The van der Waals surface area contributed by atoms with Gasteiger partial charge in [0.1, 0.15) is 10.8 Å². The van der Waals surface area contributed by atoms with E-state index in [1.165, 1.54) is 6.20 Å². The van der Waals surface area contributed by atoms with Crippen molar-refractivity contribution in [1.82, 2.24) is 20.2 Å². The van der Waals surface area contributed by atoms with Gasteiger partial charge in [-0.2, -0.15) is 4.98 Å². The van der Waals surface area contributed by atoms with Crippen LogP contribution < -0.4 is 25.6 Å². The Morgan fingerprint density at radius 2 is 1.79 bits per heavy atom. The number of nitrogens with one attached hydrogen (secondary N) is 3. The van der Waals surface area contributed by atoms with Gasteiger partial charge in [-0.05, 0) is 44.2 Å². The van der Waals surface area contributed by atoms with Crippen LogP contribution in [-0.4, -0.2) is 72.9 Å². The number of nitrogens with zero attached hydrogens (tertiary/aromatic N) is 4. The SMILES string of the molecule is COc1cc(N2CCN(C)CC2)ccc1Nc1ncc(Cl)c(Nc2ccccc2C(=O)C(=O)NC2CC2)n1. The summed E-state index contributed by atoms with van der Waals surface area (Å²) >= 11 is 6.38. The number of piperazine rings is 1. The van der Waals surface area contributed by atoms with Crippen molar-refractivity contribution < 1.29 is 14.3 Å². The maximum atomic E-state index is 12.8. The van der Waals surface area contributed by atoms with Crippen LogP contribution in [0.5, 0.6) is 5.75 Å². The molecule has 2 aromatic carbocycles. The molecule has 0 spiro atoms. The second-order valence-electron chi connectivity index (χ2n) is 9.44. The molecule has 2 heterocycles. The molecule has 10 nitrogen and oxygen atoms in total. The van der Waals surface area contributed by atoms with Gasteiger partial charge in [-0.25, -0.2) is 4.98 Å². The van der Waals surface area contributed by atoms with Crippen LogP contribution in [0.25, 0.3) is 0 Å². The molecule has 1 saturated heterocycles. The number of para-hydroxylation sites is 1. The molecule has 1 aromatic heterocycles. The lowest BCUT2D eigenvalue weighted by atomic mass is 10.1. The van der Waals surface area contributed by atoms with E-state index in [0.29, 0.717) is 22.9 Å². The van der Waals surface area contributed by atoms with E-state index in [9.17, 15) is 9.59 Å². The predicted octanol–water partition coefficient (Wildman–Crippen LogP) is 3.84. The number of methoxy groups -OCH3 is 1. The molecule has 1 aliphatic heterocycles. The van der Waals surface area contributed by atoms with E-state index in [0.717, 1.165) is 44.7 Å². The minimum Gasteiger partial charge on any atom is -0.494 e. The van der Waals surface area contributed by atoms with Crippen LogP contribution in [0.3, 0.4) is 0 Å². The van der Waals surface area contributed by atoms with E-state index >= 15 is 0 Å². The highest BCUT2D eigenvalue weighted by Gasteiger charge is 2.28. The molecule has 0 radical (unpaired) electrons. The maximum Gasteiger partial charge on any atom is 0.292 e. The zero-order chi connectivity index (χ0) is 26.6. The quantitative estimate of drug-likeness (QED) is 0.278. The molecule has 11 heteroatoms. The average molecular weight is 536 g/mol. The summed E-state index contributed by atoms with van der Waals surface area (Å²) in [5.41, 5.74) is 2.44. The fraction of sp³-hybridized carbons (Fsp3) is 0.333. The number of ether oxygens (including phenoxy) is 1. The molecule has 2 aliphatic rings. The number of hydrogen-bond donors (Lipinski definition) is 3. The molecule has 3 N–H and O–H groups in total. The van der Waals surface area contributed by atoms with E-state index in [1.807, 2.05) is 18.2 Å². The third kappa shape index (κ3) is 5.98. The lowest BCUT2D eigenvalue weighted by Gasteiger charge is -2.34. The second-order valence-corrected chi connectivity index (χ2v) is 9.84. The van der Waals surface area contributed by atoms with Gasteiger partial charge in [-0.1, -0.05) is 23.7 Å². The molecule has 1 saturated carbocycles. The van der Waals surface area contributed by atoms with Gasteiger partial charge in [0.05, 0.1) is 30.2 Å². The van der Waals surface area contributed by atoms with Crippen LogP contribution in [0.4, 0.5) is 28.8 Å². The van der Waals surface area contributed by atoms with Crippen molar-refractivity contribution in [2.75, 3.05) is 55.9 Å². The zero-order valence-electron chi connectivity index (χ0n) is 21.3. The largest absolute Gasteiger partial charge is 0.494 e. The Labute approximate surface area is 226 Å². The van der Waals surface area contributed by atoms with Gasteiger partial charge in [-0.15, -0.1) is 0 Å². The molecule has 0 bridgehead atoms. The predicted molar refractivity (Wildman–Crippen MR) is 148 cm³/mol. The number of benzene rings is 2. The van der Waals surface area contributed by atoms with Crippen molar-refractivity contribution in [2.24, 2.45) is 0 Å². The third-order valence-corrected chi connectivity index (χ3v) is 6.86. The lowest BCUT2D eigenvalue weighted by Crippen LogP contribution is -2.44. The highest BCUT2D eigenvalue weighted by atomic mass is 35.5. The molecule has 5 rings (SSSR count). The van der Waals surface area contributed by atoms with Gasteiger partial charge >= 0.3 is 0 Å². The summed E-state index contributed by atoms with van der Waals surface area (Å²) in [5, 5.41) is 9.28. The number of aromatic nitrogens is 2. The number of halogens is 1. The van der Waals surface area contributed by atoms with E-state index in [2.05, 4.69) is 42.8 Å². The Kier molecular flexibility index (Phi) is 7.62. The summed E-state index contributed by atoms with van der Waals surface area (Å²) in [6.45, 7) is 3.93.